The first-order valence-corrected chi connectivity index (χ1v) is 11.2. The molecule has 3 N–H and O–H groups in total. The zero-order valence-corrected chi connectivity index (χ0v) is 18.4. The third-order valence-corrected chi connectivity index (χ3v) is 5.28. The van der Waals surface area contributed by atoms with Crippen molar-refractivity contribution in [2.45, 2.75) is 64.6 Å². The van der Waals surface area contributed by atoms with Gasteiger partial charge in [-0.15, -0.1) is 0 Å². The molecule has 1 fully saturated rings. The number of amides is 2. The summed E-state index contributed by atoms with van der Waals surface area (Å²) < 4.78 is 5.63. The largest absolute Gasteiger partial charge is 0.491 e. The van der Waals surface area contributed by atoms with E-state index in [1.54, 1.807) is 24.3 Å². The molecule has 0 bridgehead atoms. The number of carbonyl (C=O) groups is 2. The van der Waals surface area contributed by atoms with Crippen LogP contribution in [0.5, 0.6) is 5.75 Å². The zero-order valence-electron chi connectivity index (χ0n) is 18.4. The molecule has 166 valence electrons. The summed E-state index contributed by atoms with van der Waals surface area (Å²) in [7, 11) is 0. The summed E-state index contributed by atoms with van der Waals surface area (Å²) in [5.41, 5.74) is 2.38. The SMILES string of the molecule is CC(C)Oc1ccc(CNCC(=O)Nc2ccc(C(=O)NC3CCCCC3)cc2)cc1. The molecule has 3 rings (SSSR count). The second-order valence-corrected chi connectivity index (χ2v) is 8.35. The summed E-state index contributed by atoms with van der Waals surface area (Å²) >= 11 is 0. The molecule has 0 aromatic heterocycles. The number of ether oxygens (including phenoxy) is 1. The Kier molecular flexibility index (Phi) is 8.47. The van der Waals surface area contributed by atoms with Gasteiger partial charge in [-0.05, 0) is 68.7 Å². The van der Waals surface area contributed by atoms with Gasteiger partial charge in [0.05, 0.1) is 12.6 Å². The molecule has 31 heavy (non-hydrogen) atoms. The molecule has 2 aromatic carbocycles. The summed E-state index contributed by atoms with van der Waals surface area (Å²) in [4.78, 5) is 24.6. The Bertz CT molecular complexity index is 841. The molecule has 0 atom stereocenters. The van der Waals surface area contributed by atoms with Gasteiger partial charge in [-0.2, -0.15) is 0 Å². The minimum atomic E-state index is -0.126. The highest BCUT2D eigenvalue weighted by Crippen LogP contribution is 2.18. The number of benzene rings is 2. The van der Waals surface area contributed by atoms with Crippen molar-refractivity contribution in [3.8, 4) is 5.75 Å². The van der Waals surface area contributed by atoms with Crippen LogP contribution in [-0.2, 0) is 11.3 Å². The average molecular weight is 424 g/mol. The van der Waals surface area contributed by atoms with Crippen LogP contribution in [0, 0.1) is 0 Å². The van der Waals surface area contributed by atoms with E-state index in [4.69, 9.17) is 4.74 Å². The average Bonchev–Trinajstić information content (AvgIpc) is 2.76. The van der Waals surface area contributed by atoms with Gasteiger partial charge in [0.2, 0.25) is 5.91 Å². The van der Waals surface area contributed by atoms with Gasteiger partial charge in [0.15, 0.2) is 0 Å². The van der Waals surface area contributed by atoms with Gasteiger partial charge < -0.3 is 20.7 Å². The molecule has 0 radical (unpaired) electrons. The highest BCUT2D eigenvalue weighted by atomic mass is 16.5. The lowest BCUT2D eigenvalue weighted by Gasteiger charge is -2.22. The predicted molar refractivity (Wildman–Crippen MR) is 123 cm³/mol. The van der Waals surface area contributed by atoms with Gasteiger partial charge in [0, 0.05) is 23.8 Å². The lowest BCUT2D eigenvalue weighted by Crippen LogP contribution is -2.36. The second kappa shape index (κ2) is 11.5. The topological polar surface area (TPSA) is 79.5 Å². The Hall–Kier alpha value is -2.86. The van der Waals surface area contributed by atoms with Crippen molar-refractivity contribution in [2.75, 3.05) is 11.9 Å². The molecule has 0 saturated heterocycles. The molecule has 0 unspecified atom stereocenters. The molecule has 0 spiro atoms. The van der Waals surface area contributed by atoms with Gasteiger partial charge in [-0.25, -0.2) is 0 Å². The first kappa shape index (κ1) is 22.8. The van der Waals surface area contributed by atoms with Crippen LogP contribution in [0.3, 0.4) is 0 Å². The standard InChI is InChI=1S/C25H33N3O3/c1-18(2)31-23-14-8-19(9-15-23)16-26-17-24(29)27-22-12-10-20(11-13-22)25(30)28-21-6-4-3-5-7-21/h8-15,18,21,26H,3-7,16-17H2,1-2H3,(H,27,29)(H,28,30). The van der Waals surface area contributed by atoms with Crippen LogP contribution in [0.25, 0.3) is 0 Å². The third kappa shape index (κ3) is 7.72. The molecule has 2 amide bonds. The van der Waals surface area contributed by atoms with Gasteiger partial charge in [0.25, 0.3) is 5.91 Å². The van der Waals surface area contributed by atoms with Gasteiger partial charge in [-0.3, -0.25) is 9.59 Å². The molecule has 1 aliphatic carbocycles. The molecule has 0 heterocycles. The highest BCUT2D eigenvalue weighted by molar-refractivity contribution is 5.96. The van der Waals surface area contributed by atoms with Crippen molar-refractivity contribution in [3.63, 3.8) is 0 Å². The number of rotatable bonds is 9. The predicted octanol–water partition coefficient (Wildman–Crippen LogP) is 4.26. The summed E-state index contributed by atoms with van der Waals surface area (Å²) in [6.45, 7) is 4.78. The number of anilines is 1. The fourth-order valence-electron chi connectivity index (χ4n) is 3.70. The van der Waals surface area contributed by atoms with Crippen molar-refractivity contribution in [2.24, 2.45) is 0 Å². The summed E-state index contributed by atoms with van der Waals surface area (Å²) in [6.07, 6.45) is 5.89. The van der Waals surface area contributed by atoms with Crippen molar-refractivity contribution in [3.05, 3.63) is 59.7 Å². The van der Waals surface area contributed by atoms with E-state index < -0.39 is 0 Å². The van der Waals surface area contributed by atoms with E-state index in [1.165, 1.54) is 19.3 Å². The lowest BCUT2D eigenvalue weighted by atomic mass is 9.95. The maximum atomic E-state index is 12.4. The highest BCUT2D eigenvalue weighted by Gasteiger charge is 2.16. The lowest BCUT2D eigenvalue weighted by molar-refractivity contribution is -0.115. The minimum Gasteiger partial charge on any atom is -0.491 e. The van der Waals surface area contributed by atoms with Crippen LogP contribution in [0.4, 0.5) is 5.69 Å². The number of carbonyl (C=O) groups excluding carboxylic acids is 2. The molecule has 6 nitrogen and oxygen atoms in total. The normalized spacial score (nSPS) is 14.3. The Morgan fingerprint density at radius 2 is 1.65 bits per heavy atom. The van der Waals surface area contributed by atoms with Crippen LogP contribution in [-0.4, -0.2) is 30.5 Å². The van der Waals surface area contributed by atoms with Crippen LogP contribution >= 0.6 is 0 Å². The molecule has 1 aliphatic rings. The second-order valence-electron chi connectivity index (χ2n) is 8.35. The summed E-state index contributed by atoms with van der Waals surface area (Å²) in [5, 5.41) is 9.10. The van der Waals surface area contributed by atoms with Crippen LogP contribution in [0.2, 0.25) is 0 Å². The van der Waals surface area contributed by atoms with Crippen molar-refractivity contribution in [1.29, 1.82) is 0 Å². The van der Waals surface area contributed by atoms with E-state index in [-0.39, 0.29) is 30.5 Å². The monoisotopic (exact) mass is 423 g/mol. The quantitative estimate of drug-likeness (QED) is 0.563. The molecular weight excluding hydrogens is 390 g/mol. The van der Waals surface area contributed by atoms with Gasteiger partial charge in [0.1, 0.15) is 5.75 Å². The smallest absolute Gasteiger partial charge is 0.251 e. The maximum absolute atomic E-state index is 12.4. The Morgan fingerprint density at radius 1 is 0.968 bits per heavy atom. The maximum Gasteiger partial charge on any atom is 0.251 e. The first-order valence-electron chi connectivity index (χ1n) is 11.2. The van der Waals surface area contributed by atoms with E-state index in [0.29, 0.717) is 17.8 Å². The first-order chi connectivity index (χ1) is 15.0. The van der Waals surface area contributed by atoms with Crippen LogP contribution < -0.4 is 20.7 Å². The number of hydrogen-bond acceptors (Lipinski definition) is 4. The zero-order chi connectivity index (χ0) is 22.1. The number of nitrogens with one attached hydrogen (secondary N) is 3. The Balaban J connectivity index is 1.39. The van der Waals surface area contributed by atoms with Crippen molar-refractivity contribution < 1.29 is 14.3 Å². The number of hydrogen-bond donors (Lipinski definition) is 3. The summed E-state index contributed by atoms with van der Waals surface area (Å²) in [6, 6.07) is 15.2. The van der Waals surface area contributed by atoms with E-state index in [2.05, 4.69) is 16.0 Å². The van der Waals surface area contributed by atoms with Gasteiger partial charge in [-0.1, -0.05) is 31.4 Å². The minimum absolute atomic E-state index is 0.0451. The molecule has 0 aliphatic heterocycles. The van der Waals surface area contributed by atoms with E-state index in [1.807, 2.05) is 38.1 Å². The fourth-order valence-corrected chi connectivity index (χ4v) is 3.70. The Morgan fingerprint density at radius 3 is 2.29 bits per heavy atom. The molecule has 1 saturated carbocycles. The third-order valence-electron chi connectivity index (χ3n) is 5.28. The van der Waals surface area contributed by atoms with Crippen molar-refractivity contribution in [1.82, 2.24) is 10.6 Å². The van der Waals surface area contributed by atoms with E-state index in [0.717, 1.165) is 24.2 Å². The van der Waals surface area contributed by atoms with Gasteiger partial charge >= 0.3 is 0 Å². The molecular formula is C25H33N3O3. The Labute approximate surface area is 184 Å². The van der Waals surface area contributed by atoms with E-state index >= 15 is 0 Å². The molecule has 6 heteroatoms. The van der Waals surface area contributed by atoms with Crippen molar-refractivity contribution >= 4 is 17.5 Å². The molecule has 2 aromatic rings. The van der Waals surface area contributed by atoms with Crippen LogP contribution in [0.15, 0.2) is 48.5 Å². The van der Waals surface area contributed by atoms with Crippen LogP contribution in [0.1, 0.15) is 61.9 Å². The fraction of sp³-hybridized carbons (Fsp3) is 0.440. The van der Waals surface area contributed by atoms with E-state index in [9.17, 15) is 9.59 Å². The summed E-state index contributed by atoms with van der Waals surface area (Å²) in [5.74, 6) is 0.669.